The van der Waals surface area contributed by atoms with Gasteiger partial charge >= 0.3 is 0 Å². The van der Waals surface area contributed by atoms with E-state index in [1.807, 2.05) is 6.92 Å². The maximum Gasteiger partial charge on any atom is 0.133 e. The molecule has 1 aliphatic rings. The first-order valence-corrected chi connectivity index (χ1v) is 4.14. The molecule has 58 valence electrons. The number of hydrogen-bond donors (Lipinski definition) is 0. The van der Waals surface area contributed by atoms with Gasteiger partial charge in [-0.1, -0.05) is 11.6 Å². The van der Waals surface area contributed by atoms with Crippen molar-refractivity contribution >= 4 is 11.6 Å². The van der Waals surface area contributed by atoms with Crippen molar-refractivity contribution in [3.05, 3.63) is 22.7 Å². The smallest absolute Gasteiger partial charge is 0.133 e. The Morgan fingerprint density at radius 3 is 2.73 bits per heavy atom. The fourth-order valence-electron chi connectivity index (χ4n) is 1.08. The first-order valence-electron chi connectivity index (χ1n) is 3.77. The molecule has 1 aromatic rings. The Balaban J connectivity index is 2.39. The summed E-state index contributed by atoms with van der Waals surface area (Å²) in [7, 11) is 0. The molecule has 0 atom stereocenters. The highest BCUT2D eigenvalue weighted by Crippen LogP contribution is 2.38. The van der Waals surface area contributed by atoms with Crippen molar-refractivity contribution in [3.63, 3.8) is 0 Å². The summed E-state index contributed by atoms with van der Waals surface area (Å²) in [4.78, 5) is 8.45. The summed E-state index contributed by atoms with van der Waals surface area (Å²) < 4.78 is 0. The summed E-state index contributed by atoms with van der Waals surface area (Å²) in [6.45, 7) is 1.94. The summed E-state index contributed by atoms with van der Waals surface area (Å²) in [5.41, 5.74) is 0.965. The van der Waals surface area contributed by atoms with Crippen LogP contribution < -0.4 is 0 Å². The number of nitrogens with zero attached hydrogens (tertiary/aromatic N) is 2. The zero-order chi connectivity index (χ0) is 7.84. The normalized spacial score (nSPS) is 16.9. The summed E-state index contributed by atoms with van der Waals surface area (Å²) in [5, 5.41) is 0.569. The van der Waals surface area contributed by atoms with Gasteiger partial charge in [-0.15, -0.1) is 0 Å². The van der Waals surface area contributed by atoms with Gasteiger partial charge in [0, 0.05) is 11.6 Å². The Labute approximate surface area is 70.6 Å². The molecule has 1 aliphatic carbocycles. The van der Waals surface area contributed by atoms with E-state index in [0.29, 0.717) is 11.1 Å². The quantitative estimate of drug-likeness (QED) is 0.602. The van der Waals surface area contributed by atoms with Crippen molar-refractivity contribution in [2.24, 2.45) is 0 Å². The molecule has 1 fully saturated rings. The molecule has 0 radical (unpaired) electrons. The van der Waals surface area contributed by atoms with Gasteiger partial charge in [-0.25, -0.2) is 9.97 Å². The molecule has 0 saturated heterocycles. The second kappa shape index (κ2) is 2.45. The molecule has 1 saturated carbocycles. The lowest BCUT2D eigenvalue weighted by molar-refractivity contribution is 0.906. The maximum atomic E-state index is 5.77. The lowest BCUT2D eigenvalue weighted by Gasteiger charge is -1.98. The summed E-state index contributed by atoms with van der Waals surface area (Å²) in [6.07, 6.45) is 2.44. The van der Waals surface area contributed by atoms with E-state index in [1.165, 1.54) is 12.8 Å². The van der Waals surface area contributed by atoms with Crippen molar-refractivity contribution < 1.29 is 0 Å². The topological polar surface area (TPSA) is 25.8 Å². The molecule has 2 nitrogen and oxygen atoms in total. The van der Waals surface area contributed by atoms with Gasteiger partial charge in [0.05, 0.1) is 0 Å². The van der Waals surface area contributed by atoms with Gasteiger partial charge < -0.3 is 0 Å². The van der Waals surface area contributed by atoms with Crippen molar-refractivity contribution in [2.75, 3.05) is 0 Å². The Morgan fingerprint density at radius 2 is 2.18 bits per heavy atom. The van der Waals surface area contributed by atoms with Gasteiger partial charge in [0.15, 0.2) is 0 Å². The van der Waals surface area contributed by atoms with E-state index in [4.69, 9.17) is 11.6 Å². The minimum Gasteiger partial charge on any atom is -0.238 e. The van der Waals surface area contributed by atoms with Gasteiger partial charge in [-0.3, -0.25) is 0 Å². The van der Waals surface area contributed by atoms with Crippen molar-refractivity contribution in [3.8, 4) is 0 Å². The molecule has 1 heterocycles. The van der Waals surface area contributed by atoms with Crippen LogP contribution in [0, 0.1) is 6.92 Å². The molecule has 3 heteroatoms. The van der Waals surface area contributed by atoms with Crippen molar-refractivity contribution in [1.29, 1.82) is 0 Å². The van der Waals surface area contributed by atoms with Crippen LogP contribution in [0.25, 0.3) is 0 Å². The van der Waals surface area contributed by atoms with Crippen molar-refractivity contribution in [2.45, 2.75) is 25.7 Å². The van der Waals surface area contributed by atoms with E-state index in [9.17, 15) is 0 Å². The van der Waals surface area contributed by atoms with Crippen LogP contribution >= 0.6 is 11.6 Å². The van der Waals surface area contributed by atoms with Crippen LogP contribution in [0.4, 0.5) is 0 Å². The standard InChI is InChI=1S/C8H9ClN2/c1-5-4-7(9)11-8(10-5)6-2-3-6/h4,6H,2-3H2,1H3. The third-order valence-corrected chi connectivity index (χ3v) is 1.98. The highest BCUT2D eigenvalue weighted by molar-refractivity contribution is 6.29. The SMILES string of the molecule is Cc1cc(Cl)nc(C2CC2)n1. The average Bonchev–Trinajstić information content (AvgIpc) is 2.64. The zero-order valence-corrected chi connectivity index (χ0v) is 7.10. The van der Waals surface area contributed by atoms with Crippen LogP contribution in [-0.4, -0.2) is 9.97 Å². The monoisotopic (exact) mass is 168 g/mol. The van der Waals surface area contributed by atoms with Gasteiger partial charge in [-0.2, -0.15) is 0 Å². The van der Waals surface area contributed by atoms with Gasteiger partial charge in [0.2, 0.25) is 0 Å². The summed E-state index contributed by atoms with van der Waals surface area (Å²) in [5.74, 6) is 1.52. The van der Waals surface area contributed by atoms with Gasteiger partial charge in [0.1, 0.15) is 11.0 Å². The molecule has 0 aromatic carbocycles. The average molecular weight is 169 g/mol. The predicted octanol–water partition coefficient (Wildman–Crippen LogP) is 2.32. The molecule has 0 N–H and O–H groups in total. The van der Waals surface area contributed by atoms with E-state index in [1.54, 1.807) is 6.07 Å². The van der Waals surface area contributed by atoms with E-state index < -0.39 is 0 Å². The molecule has 0 unspecified atom stereocenters. The Morgan fingerprint density at radius 1 is 1.45 bits per heavy atom. The third kappa shape index (κ3) is 1.51. The van der Waals surface area contributed by atoms with E-state index in [2.05, 4.69) is 9.97 Å². The molecule has 11 heavy (non-hydrogen) atoms. The minimum atomic E-state index is 0.569. The molecule has 0 aliphatic heterocycles. The molecule has 0 spiro atoms. The molecule has 0 bridgehead atoms. The second-order valence-corrected chi connectivity index (χ2v) is 3.35. The molecule has 0 amide bonds. The first kappa shape index (κ1) is 7.04. The maximum absolute atomic E-state index is 5.77. The first-order chi connectivity index (χ1) is 5.25. The third-order valence-electron chi connectivity index (χ3n) is 1.78. The molecule has 1 aromatic heterocycles. The fraction of sp³-hybridized carbons (Fsp3) is 0.500. The van der Waals surface area contributed by atoms with Crippen LogP contribution in [0.1, 0.15) is 30.3 Å². The Kier molecular flexibility index (Phi) is 1.57. The lowest BCUT2D eigenvalue weighted by Crippen LogP contribution is -1.94. The predicted molar refractivity (Wildman–Crippen MR) is 43.8 cm³/mol. The van der Waals surface area contributed by atoms with E-state index >= 15 is 0 Å². The summed E-state index contributed by atoms with van der Waals surface area (Å²) in [6, 6.07) is 1.79. The Hall–Kier alpha value is -0.630. The Bertz CT molecular complexity index is 261. The number of aryl methyl sites for hydroxylation is 1. The van der Waals surface area contributed by atoms with E-state index in [0.717, 1.165) is 11.5 Å². The lowest BCUT2D eigenvalue weighted by atomic mass is 10.3. The molecule has 2 rings (SSSR count). The number of aromatic nitrogens is 2. The van der Waals surface area contributed by atoms with Crippen LogP contribution in [0.5, 0.6) is 0 Å². The number of rotatable bonds is 1. The second-order valence-electron chi connectivity index (χ2n) is 2.96. The number of hydrogen-bond acceptors (Lipinski definition) is 2. The largest absolute Gasteiger partial charge is 0.238 e. The van der Waals surface area contributed by atoms with Crippen molar-refractivity contribution in [1.82, 2.24) is 9.97 Å². The zero-order valence-electron chi connectivity index (χ0n) is 6.34. The fourth-order valence-corrected chi connectivity index (χ4v) is 1.32. The van der Waals surface area contributed by atoms with Crippen LogP contribution in [0.2, 0.25) is 5.15 Å². The highest BCUT2D eigenvalue weighted by atomic mass is 35.5. The van der Waals surface area contributed by atoms with Crippen LogP contribution in [0.3, 0.4) is 0 Å². The molecular weight excluding hydrogens is 160 g/mol. The van der Waals surface area contributed by atoms with Crippen LogP contribution in [0.15, 0.2) is 6.07 Å². The van der Waals surface area contributed by atoms with Gasteiger partial charge in [0.25, 0.3) is 0 Å². The van der Waals surface area contributed by atoms with Crippen LogP contribution in [-0.2, 0) is 0 Å². The van der Waals surface area contributed by atoms with Gasteiger partial charge in [-0.05, 0) is 25.8 Å². The van der Waals surface area contributed by atoms with E-state index in [-0.39, 0.29) is 0 Å². The minimum absolute atomic E-state index is 0.569. The molecular formula is C8H9ClN2. The highest BCUT2D eigenvalue weighted by Gasteiger charge is 2.26. The summed E-state index contributed by atoms with van der Waals surface area (Å²) >= 11 is 5.77. The number of halogens is 1.